The van der Waals surface area contributed by atoms with Gasteiger partial charge in [0, 0.05) is 59.5 Å². The Labute approximate surface area is 217 Å². The molecule has 204 valence electrons. The number of halogens is 3. The summed E-state index contributed by atoms with van der Waals surface area (Å²) >= 11 is 0. The second kappa shape index (κ2) is 8.78. The lowest BCUT2D eigenvalue weighted by atomic mass is 9.77. The summed E-state index contributed by atoms with van der Waals surface area (Å²) in [5, 5.41) is 18.4. The summed E-state index contributed by atoms with van der Waals surface area (Å²) in [6, 6.07) is 5.19. The fourth-order valence-electron chi connectivity index (χ4n) is 5.46. The molecule has 1 aliphatic carbocycles. The number of anilines is 2. The highest BCUT2D eigenvalue weighted by Gasteiger charge is 2.40. The van der Waals surface area contributed by atoms with Gasteiger partial charge in [-0.15, -0.1) is 0 Å². The van der Waals surface area contributed by atoms with Crippen LogP contribution in [0.1, 0.15) is 25.3 Å². The van der Waals surface area contributed by atoms with Crippen LogP contribution < -0.4 is 10.2 Å². The maximum Gasteiger partial charge on any atom is 0.416 e. The van der Waals surface area contributed by atoms with Crippen molar-refractivity contribution in [3.05, 3.63) is 36.0 Å². The van der Waals surface area contributed by atoms with Gasteiger partial charge >= 0.3 is 6.18 Å². The first-order valence-corrected chi connectivity index (χ1v) is 14.4. The Hall–Kier alpha value is -2.97. The Morgan fingerprint density at radius 1 is 1.18 bits per heavy atom. The van der Waals surface area contributed by atoms with E-state index in [0.29, 0.717) is 73.3 Å². The smallest absolute Gasteiger partial charge is 0.390 e. The molecule has 0 bridgehead atoms. The third-order valence-electron chi connectivity index (χ3n) is 7.63. The monoisotopic (exact) mass is 550 g/mol. The first-order valence-electron chi connectivity index (χ1n) is 12.5. The number of hydrogen-bond donors (Lipinski definition) is 3. The van der Waals surface area contributed by atoms with Crippen LogP contribution in [0.4, 0.5) is 24.9 Å². The fourth-order valence-corrected chi connectivity index (χ4v) is 6.72. The van der Waals surface area contributed by atoms with Gasteiger partial charge in [-0.25, -0.2) is 8.89 Å². The fraction of sp³-hybridized carbons (Fsp3) is 0.542. The van der Waals surface area contributed by atoms with Crippen LogP contribution in [0.3, 0.4) is 0 Å². The first-order chi connectivity index (χ1) is 17.9. The second-order valence-electron chi connectivity index (χ2n) is 10.8. The van der Waals surface area contributed by atoms with E-state index >= 15 is 0 Å². The number of rotatable bonds is 5. The van der Waals surface area contributed by atoms with Crippen molar-refractivity contribution in [3.8, 4) is 5.69 Å². The van der Waals surface area contributed by atoms with Crippen molar-refractivity contribution in [1.82, 2.24) is 24.6 Å². The topological polar surface area (TPSA) is 123 Å². The van der Waals surface area contributed by atoms with E-state index in [2.05, 4.69) is 25.2 Å². The molecule has 3 aromatic rings. The van der Waals surface area contributed by atoms with Gasteiger partial charge in [-0.1, -0.05) is 6.07 Å². The van der Waals surface area contributed by atoms with Crippen LogP contribution in [0.5, 0.6) is 0 Å². The molecule has 0 atom stereocenters. The van der Waals surface area contributed by atoms with E-state index in [1.165, 1.54) is 10.7 Å². The van der Waals surface area contributed by atoms with Crippen molar-refractivity contribution in [3.63, 3.8) is 0 Å². The van der Waals surface area contributed by atoms with Crippen molar-refractivity contribution in [2.24, 2.45) is 0 Å². The highest BCUT2D eigenvalue weighted by molar-refractivity contribution is 7.92. The van der Waals surface area contributed by atoms with Crippen molar-refractivity contribution in [2.45, 2.75) is 43.6 Å². The van der Waals surface area contributed by atoms with Crippen LogP contribution in [0.2, 0.25) is 0 Å². The molecule has 3 aliphatic rings. The summed E-state index contributed by atoms with van der Waals surface area (Å²) in [5.41, 5.74) is -0.887. The average Bonchev–Trinajstić information content (AvgIpc) is 3.21. The van der Waals surface area contributed by atoms with Gasteiger partial charge in [-0.3, -0.25) is 9.68 Å². The Bertz CT molecular complexity index is 1460. The standard InChI is InChI=1S/C24H29F3N8O2S/c1-23(36)10-16(11-23)30-22-31-20(34-13-18(14-34)33-5-7-38(28,37)8-6-33)19-12-29-35(21(19)32-22)17-4-2-3-15(9-17)24(25,26)27/h2-4,9,12,16,18,28,36H,5-8,10-11,13-14H2,1H3,(H,30,31,32). The summed E-state index contributed by atoms with van der Waals surface area (Å²) in [7, 11) is -2.47. The molecular weight excluding hydrogens is 521 g/mol. The molecule has 10 nitrogen and oxygen atoms in total. The van der Waals surface area contributed by atoms with Gasteiger partial charge in [0.15, 0.2) is 5.65 Å². The molecule has 1 aromatic carbocycles. The SMILES string of the molecule is CC1(O)CC(Nc2nc(N3CC(N4CCS(=N)(=O)CC4)C3)c3cnn(-c4cccc(C(F)(F)F)c4)c3n2)C1. The number of nitrogens with one attached hydrogen (secondary N) is 2. The van der Waals surface area contributed by atoms with Gasteiger partial charge < -0.3 is 15.3 Å². The molecule has 0 amide bonds. The molecule has 3 N–H and O–H groups in total. The molecule has 2 aliphatic heterocycles. The molecule has 2 saturated heterocycles. The molecule has 1 saturated carbocycles. The van der Waals surface area contributed by atoms with Crippen molar-refractivity contribution < 1.29 is 22.5 Å². The molecule has 0 spiro atoms. The molecule has 2 aromatic heterocycles. The van der Waals surface area contributed by atoms with Gasteiger partial charge in [-0.05, 0) is 38.0 Å². The van der Waals surface area contributed by atoms with Crippen molar-refractivity contribution in [2.75, 3.05) is 47.9 Å². The minimum atomic E-state index is -4.48. The first kappa shape index (κ1) is 25.3. The summed E-state index contributed by atoms with van der Waals surface area (Å²) in [6.45, 7) is 4.38. The van der Waals surface area contributed by atoms with E-state index in [1.54, 1.807) is 19.2 Å². The minimum absolute atomic E-state index is 0.0163. The molecule has 38 heavy (non-hydrogen) atoms. The minimum Gasteiger partial charge on any atom is -0.390 e. The Morgan fingerprint density at radius 3 is 2.55 bits per heavy atom. The summed E-state index contributed by atoms with van der Waals surface area (Å²) in [5.74, 6) is 1.73. The number of aliphatic hydroxyl groups is 1. The highest BCUT2D eigenvalue weighted by atomic mass is 32.2. The predicted molar refractivity (Wildman–Crippen MR) is 137 cm³/mol. The van der Waals surface area contributed by atoms with E-state index in [-0.39, 0.29) is 17.8 Å². The Morgan fingerprint density at radius 2 is 1.89 bits per heavy atom. The lowest BCUT2D eigenvalue weighted by Crippen LogP contribution is -2.62. The molecule has 3 fully saturated rings. The summed E-state index contributed by atoms with van der Waals surface area (Å²) < 4.78 is 61.4. The molecule has 0 unspecified atom stereocenters. The maximum absolute atomic E-state index is 13.4. The number of fused-ring (bicyclic) bond motifs is 1. The van der Waals surface area contributed by atoms with Crippen LogP contribution in [-0.4, -0.2) is 89.3 Å². The average molecular weight is 551 g/mol. The Kier molecular flexibility index (Phi) is 5.85. The molecule has 0 radical (unpaired) electrons. The number of aromatic nitrogens is 4. The van der Waals surface area contributed by atoms with E-state index < -0.39 is 27.1 Å². The number of hydrogen-bond acceptors (Lipinski definition) is 9. The van der Waals surface area contributed by atoms with Gasteiger partial charge in [0.25, 0.3) is 0 Å². The van der Waals surface area contributed by atoms with Gasteiger partial charge in [-0.2, -0.15) is 28.2 Å². The zero-order valence-corrected chi connectivity index (χ0v) is 21.6. The number of nitrogens with zero attached hydrogens (tertiary/aromatic N) is 6. The summed E-state index contributed by atoms with van der Waals surface area (Å²) in [4.78, 5) is 13.7. The van der Waals surface area contributed by atoms with E-state index in [1.807, 2.05) is 0 Å². The number of benzene rings is 1. The third kappa shape index (κ3) is 4.80. The van der Waals surface area contributed by atoms with E-state index in [4.69, 9.17) is 9.76 Å². The maximum atomic E-state index is 13.4. The predicted octanol–water partition coefficient (Wildman–Crippen LogP) is 2.71. The molecular formula is C24H29F3N8O2S. The Balaban J connectivity index is 1.32. The van der Waals surface area contributed by atoms with Crippen LogP contribution in [0, 0.1) is 4.78 Å². The summed E-state index contributed by atoms with van der Waals surface area (Å²) in [6.07, 6.45) is -1.83. The van der Waals surface area contributed by atoms with Crippen LogP contribution >= 0.6 is 0 Å². The lowest BCUT2D eigenvalue weighted by Gasteiger charge is -2.47. The zero-order chi connectivity index (χ0) is 26.9. The normalized spacial score (nSPS) is 26.2. The van der Waals surface area contributed by atoms with Crippen molar-refractivity contribution >= 4 is 32.5 Å². The van der Waals surface area contributed by atoms with Gasteiger partial charge in [0.1, 0.15) is 5.82 Å². The van der Waals surface area contributed by atoms with Gasteiger partial charge in [0.05, 0.1) is 28.4 Å². The largest absolute Gasteiger partial charge is 0.416 e. The van der Waals surface area contributed by atoms with Crippen molar-refractivity contribution in [1.29, 1.82) is 4.78 Å². The lowest BCUT2D eigenvalue weighted by molar-refractivity contribution is -0.137. The van der Waals surface area contributed by atoms with Crippen LogP contribution in [-0.2, 0) is 15.9 Å². The van der Waals surface area contributed by atoms with Gasteiger partial charge in [0.2, 0.25) is 5.95 Å². The van der Waals surface area contributed by atoms with E-state index in [0.717, 1.165) is 12.1 Å². The van der Waals surface area contributed by atoms with Crippen LogP contribution in [0.25, 0.3) is 16.7 Å². The molecule has 4 heterocycles. The van der Waals surface area contributed by atoms with E-state index in [9.17, 15) is 22.5 Å². The molecule has 6 rings (SSSR count). The van der Waals surface area contributed by atoms with Crippen LogP contribution in [0.15, 0.2) is 30.5 Å². The zero-order valence-electron chi connectivity index (χ0n) is 20.8. The highest BCUT2D eigenvalue weighted by Crippen LogP contribution is 2.36. The second-order valence-corrected chi connectivity index (χ2v) is 13.2. The third-order valence-corrected chi connectivity index (χ3v) is 9.31. The molecule has 14 heteroatoms. The quantitative estimate of drug-likeness (QED) is 0.443. The number of alkyl halides is 3.